The minimum Gasteiger partial charge on any atom is -0.475 e. The Bertz CT molecular complexity index is 722. The van der Waals surface area contributed by atoms with Gasteiger partial charge in [0.25, 0.3) is 0 Å². The number of hydrogen-bond acceptors (Lipinski definition) is 5. The van der Waals surface area contributed by atoms with Gasteiger partial charge in [0.05, 0.1) is 23.2 Å². The Hall–Kier alpha value is -1.81. The molecule has 1 saturated carbocycles. The molecule has 2 saturated heterocycles. The average Bonchev–Trinajstić information content (AvgIpc) is 3.02. The van der Waals surface area contributed by atoms with Gasteiger partial charge < -0.3 is 14.7 Å². The fourth-order valence-electron chi connectivity index (χ4n) is 3.54. The molecule has 2 aliphatic heterocycles. The van der Waals surface area contributed by atoms with E-state index in [2.05, 4.69) is 9.88 Å². The zero-order valence-electron chi connectivity index (χ0n) is 15.7. The number of carboxylic acids is 1. The second kappa shape index (κ2) is 8.91. The van der Waals surface area contributed by atoms with Gasteiger partial charge in [0.1, 0.15) is 0 Å². The minimum absolute atomic E-state index is 0.272. The van der Waals surface area contributed by atoms with E-state index in [1.165, 1.54) is 6.42 Å². The Morgan fingerprint density at radius 1 is 1.31 bits per heavy atom. The summed E-state index contributed by atoms with van der Waals surface area (Å²) < 4.78 is 38.0. The maximum Gasteiger partial charge on any atom is 0.490 e. The van der Waals surface area contributed by atoms with E-state index in [9.17, 15) is 18.0 Å². The van der Waals surface area contributed by atoms with Crippen molar-refractivity contribution >= 4 is 23.6 Å². The van der Waals surface area contributed by atoms with E-state index in [0.717, 1.165) is 43.8 Å². The Morgan fingerprint density at radius 2 is 2.00 bits per heavy atom. The van der Waals surface area contributed by atoms with Crippen molar-refractivity contribution in [1.82, 2.24) is 9.88 Å². The van der Waals surface area contributed by atoms with Crippen LogP contribution in [0.25, 0.3) is 0 Å². The molecular weight excluding hydrogens is 409 g/mol. The number of thioether (sulfide) groups is 1. The zero-order valence-corrected chi connectivity index (χ0v) is 16.5. The van der Waals surface area contributed by atoms with E-state index in [1.54, 1.807) is 6.20 Å². The molecule has 0 bridgehead atoms. The summed E-state index contributed by atoms with van der Waals surface area (Å²) in [5.41, 5.74) is 0.990. The normalized spacial score (nSPS) is 23.0. The fourth-order valence-corrected chi connectivity index (χ4v) is 5.09. The molecule has 1 N–H and O–H groups in total. The lowest BCUT2D eigenvalue weighted by molar-refractivity contribution is -0.192. The number of likely N-dealkylation sites (tertiary alicyclic amines) is 1. The van der Waals surface area contributed by atoms with Crippen LogP contribution in [0.2, 0.25) is 0 Å². The van der Waals surface area contributed by atoms with E-state index in [-0.39, 0.29) is 4.75 Å². The van der Waals surface area contributed by atoms with Gasteiger partial charge in [0, 0.05) is 31.0 Å². The molecule has 3 heterocycles. The molecule has 1 aromatic rings. The standard InChI is InChI=1S/C17H22N2O2S.C2HF3O2/c20-16(13-4-3-5-13)19-11-17(12-19)8-15(10-22-17)21-9-14-6-1-2-7-18-14;3-2(4,5)1(6)7/h1-2,6-7,13,15H,3-5,8-12H2;(H,6,7). The molecule has 10 heteroatoms. The van der Waals surface area contributed by atoms with Gasteiger partial charge >= 0.3 is 12.1 Å². The number of aromatic nitrogens is 1. The Balaban J connectivity index is 0.000000298. The molecule has 3 fully saturated rings. The third-order valence-electron chi connectivity index (χ3n) is 5.33. The van der Waals surface area contributed by atoms with Gasteiger partial charge in [0.15, 0.2) is 0 Å². The number of alkyl halides is 3. The first kappa shape index (κ1) is 21.9. The van der Waals surface area contributed by atoms with Gasteiger partial charge in [0.2, 0.25) is 5.91 Å². The number of aliphatic carboxylic acids is 1. The van der Waals surface area contributed by atoms with Gasteiger partial charge in [-0.1, -0.05) is 12.5 Å². The number of ether oxygens (including phenoxy) is 1. The maximum absolute atomic E-state index is 12.2. The van der Waals surface area contributed by atoms with E-state index in [4.69, 9.17) is 14.6 Å². The molecule has 1 aromatic heterocycles. The number of carbonyl (C=O) groups is 2. The van der Waals surface area contributed by atoms with Crippen LogP contribution in [-0.2, 0) is 20.9 Å². The van der Waals surface area contributed by atoms with Crippen LogP contribution in [0.3, 0.4) is 0 Å². The lowest BCUT2D eigenvalue weighted by Gasteiger charge is -2.49. The van der Waals surface area contributed by atoms with E-state index >= 15 is 0 Å². The number of carboxylic acid groups (broad SMARTS) is 1. The lowest BCUT2D eigenvalue weighted by Crippen LogP contribution is -2.62. The summed E-state index contributed by atoms with van der Waals surface area (Å²) in [5, 5.41) is 7.12. The van der Waals surface area contributed by atoms with Crippen molar-refractivity contribution in [3.63, 3.8) is 0 Å². The van der Waals surface area contributed by atoms with Crippen molar-refractivity contribution in [3.05, 3.63) is 30.1 Å². The van der Waals surface area contributed by atoms with Crippen LogP contribution in [0.1, 0.15) is 31.4 Å². The van der Waals surface area contributed by atoms with Crippen LogP contribution in [0.5, 0.6) is 0 Å². The molecule has 1 amide bonds. The first-order valence-electron chi connectivity index (χ1n) is 9.43. The molecule has 0 aromatic carbocycles. The third kappa shape index (κ3) is 5.63. The van der Waals surface area contributed by atoms with Crippen LogP contribution in [-0.4, -0.2) is 62.7 Å². The SMILES string of the molecule is O=C(C1CCC1)N1CC2(CC(OCc3ccccn3)CS2)C1.O=C(O)C(F)(F)F. The first-order valence-corrected chi connectivity index (χ1v) is 10.4. The number of halogens is 3. The molecular formula is C19H23F3N2O4S. The van der Waals surface area contributed by atoms with Gasteiger partial charge in [-0.05, 0) is 31.4 Å². The number of rotatable bonds is 4. The molecule has 1 spiro atoms. The predicted octanol–water partition coefficient (Wildman–Crippen LogP) is 3.12. The smallest absolute Gasteiger partial charge is 0.475 e. The first-order chi connectivity index (χ1) is 13.7. The van der Waals surface area contributed by atoms with Crippen LogP contribution in [0.4, 0.5) is 13.2 Å². The van der Waals surface area contributed by atoms with E-state index < -0.39 is 12.1 Å². The summed E-state index contributed by atoms with van der Waals surface area (Å²) in [6.07, 6.45) is 1.52. The highest BCUT2D eigenvalue weighted by molar-refractivity contribution is 8.01. The number of carbonyl (C=O) groups excluding carboxylic acids is 1. The highest BCUT2D eigenvalue weighted by Crippen LogP contribution is 2.47. The van der Waals surface area contributed by atoms with Crippen molar-refractivity contribution in [2.45, 2.75) is 49.3 Å². The van der Waals surface area contributed by atoms with Gasteiger partial charge in [-0.3, -0.25) is 9.78 Å². The second-order valence-electron chi connectivity index (χ2n) is 7.58. The van der Waals surface area contributed by atoms with E-state index in [0.29, 0.717) is 24.5 Å². The quantitative estimate of drug-likeness (QED) is 0.788. The summed E-state index contributed by atoms with van der Waals surface area (Å²) in [5.74, 6) is -0.985. The Labute approximate surface area is 170 Å². The molecule has 1 unspecified atom stereocenters. The Kier molecular flexibility index (Phi) is 6.72. The van der Waals surface area contributed by atoms with Crippen molar-refractivity contribution in [2.24, 2.45) is 5.92 Å². The molecule has 4 rings (SSSR count). The fraction of sp³-hybridized carbons (Fsp3) is 0.632. The summed E-state index contributed by atoms with van der Waals surface area (Å²) in [4.78, 5) is 27.5. The lowest BCUT2D eigenvalue weighted by atomic mass is 9.82. The van der Waals surface area contributed by atoms with Crippen molar-refractivity contribution < 1.29 is 32.6 Å². The molecule has 29 heavy (non-hydrogen) atoms. The second-order valence-corrected chi connectivity index (χ2v) is 9.07. The largest absolute Gasteiger partial charge is 0.490 e. The predicted molar refractivity (Wildman–Crippen MR) is 100 cm³/mol. The van der Waals surface area contributed by atoms with Crippen LogP contribution in [0, 0.1) is 5.92 Å². The number of nitrogens with zero attached hydrogens (tertiary/aromatic N) is 2. The van der Waals surface area contributed by atoms with Crippen LogP contribution < -0.4 is 0 Å². The monoisotopic (exact) mass is 432 g/mol. The van der Waals surface area contributed by atoms with Crippen LogP contribution >= 0.6 is 11.8 Å². The maximum atomic E-state index is 12.2. The topological polar surface area (TPSA) is 79.7 Å². The average molecular weight is 432 g/mol. The number of hydrogen-bond donors (Lipinski definition) is 1. The van der Waals surface area contributed by atoms with Gasteiger partial charge in [-0.25, -0.2) is 4.79 Å². The van der Waals surface area contributed by atoms with Crippen LogP contribution in [0.15, 0.2) is 24.4 Å². The number of amides is 1. The van der Waals surface area contributed by atoms with Gasteiger partial charge in [-0.2, -0.15) is 13.2 Å². The molecule has 6 nitrogen and oxygen atoms in total. The van der Waals surface area contributed by atoms with Crippen molar-refractivity contribution in [2.75, 3.05) is 18.8 Å². The van der Waals surface area contributed by atoms with E-state index in [1.807, 2.05) is 30.0 Å². The van der Waals surface area contributed by atoms with Crippen molar-refractivity contribution in [3.8, 4) is 0 Å². The molecule has 0 radical (unpaired) electrons. The molecule has 1 aliphatic carbocycles. The summed E-state index contributed by atoms with van der Waals surface area (Å²) in [6.45, 7) is 2.44. The molecule has 160 valence electrons. The summed E-state index contributed by atoms with van der Waals surface area (Å²) in [7, 11) is 0. The molecule has 1 atom stereocenters. The molecule has 3 aliphatic rings. The highest BCUT2D eigenvalue weighted by Gasteiger charge is 2.52. The summed E-state index contributed by atoms with van der Waals surface area (Å²) >= 11 is 1.99. The highest BCUT2D eigenvalue weighted by atomic mass is 32.2. The zero-order chi connectivity index (χ0) is 21.1. The van der Waals surface area contributed by atoms with Gasteiger partial charge in [-0.15, -0.1) is 11.8 Å². The Morgan fingerprint density at radius 3 is 2.52 bits per heavy atom. The summed E-state index contributed by atoms with van der Waals surface area (Å²) in [6, 6.07) is 5.92. The third-order valence-corrected chi connectivity index (χ3v) is 6.91. The van der Waals surface area contributed by atoms with Crippen molar-refractivity contribution in [1.29, 1.82) is 0 Å². The minimum atomic E-state index is -5.08. The number of pyridine rings is 1.